The summed E-state index contributed by atoms with van der Waals surface area (Å²) in [5, 5.41) is 0. The van der Waals surface area contributed by atoms with Crippen LogP contribution in [0.1, 0.15) is 19.8 Å². The first-order valence-corrected chi connectivity index (χ1v) is 4.84. The summed E-state index contributed by atoms with van der Waals surface area (Å²) >= 11 is 0. The highest BCUT2D eigenvalue weighted by Gasteiger charge is 2.27. The van der Waals surface area contributed by atoms with E-state index >= 15 is 0 Å². The van der Waals surface area contributed by atoms with Crippen molar-refractivity contribution < 1.29 is 13.2 Å². The molecule has 0 saturated carbocycles. The molecular weight excluding hydrogens is 193 g/mol. The number of nitrogens with two attached hydrogens (primary N) is 1. The molecule has 0 heterocycles. The third kappa shape index (κ3) is 7.15. The molecule has 2 N–H and O–H groups in total. The molecule has 0 radical (unpaired) electrons. The molecule has 0 aliphatic rings. The lowest BCUT2D eigenvalue weighted by atomic mass is 10.1. The lowest BCUT2D eigenvalue weighted by molar-refractivity contribution is -0.137. The maximum atomic E-state index is 11.9. The highest BCUT2D eigenvalue weighted by atomic mass is 19.4. The van der Waals surface area contributed by atoms with Crippen LogP contribution in [0.4, 0.5) is 13.2 Å². The van der Waals surface area contributed by atoms with Crippen LogP contribution in [0.3, 0.4) is 0 Å². The van der Waals surface area contributed by atoms with Crippen LogP contribution < -0.4 is 5.73 Å². The van der Waals surface area contributed by atoms with Gasteiger partial charge in [-0.2, -0.15) is 13.2 Å². The minimum Gasteiger partial charge on any atom is -0.330 e. The molecule has 0 aromatic rings. The van der Waals surface area contributed by atoms with Crippen molar-refractivity contribution in [2.24, 2.45) is 11.7 Å². The minimum atomic E-state index is -4.06. The molecule has 1 atom stereocenters. The standard InChI is InChI=1S/C9H19F3N2/c1-3-8(6-13)7-14(2)5-4-9(10,11)12/h8H,3-7,13H2,1-2H3. The first-order chi connectivity index (χ1) is 6.39. The summed E-state index contributed by atoms with van der Waals surface area (Å²) in [6, 6.07) is 0. The Kier molecular flexibility index (Phi) is 6.11. The van der Waals surface area contributed by atoms with Crippen LogP contribution in [0.25, 0.3) is 0 Å². The molecule has 0 amide bonds. The van der Waals surface area contributed by atoms with Gasteiger partial charge in [0, 0.05) is 13.1 Å². The smallest absolute Gasteiger partial charge is 0.330 e. The molecule has 5 heteroatoms. The molecule has 14 heavy (non-hydrogen) atoms. The van der Waals surface area contributed by atoms with Gasteiger partial charge in [0.2, 0.25) is 0 Å². The van der Waals surface area contributed by atoms with E-state index in [0.717, 1.165) is 6.42 Å². The number of nitrogens with zero attached hydrogens (tertiary/aromatic N) is 1. The summed E-state index contributed by atoms with van der Waals surface area (Å²) in [6.07, 6.45) is -3.89. The van der Waals surface area contributed by atoms with Gasteiger partial charge in [0.15, 0.2) is 0 Å². The quantitative estimate of drug-likeness (QED) is 0.728. The molecule has 0 spiro atoms. The van der Waals surface area contributed by atoms with E-state index in [-0.39, 0.29) is 6.54 Å². The summed E-state index contributed by atoms with van der Waals surface area (Å²) in [7, 11) is 1.70. The fraction of sp³-hybridized carbons (Fsp3) is 1.00. The van der Waals surface area contributed by atoms with Gasteiger partial charge in [0.1, 0.15) is 0 Å². The first kappa shape index (κ1) is 13.7. The van der Waals surface area contributed by atoms with Crippen molar-refractivity contribution in [2.45, 2.75) is 25.9 Å². The molecule has 0 bridgehead atoms. The lowest BCUT2D eigenvalue weighted by Crippen LogP contribution is -2.32. The SMILES string of the molecule is CCC(CN)CN(C)CCC(F)(F)F. The minimum absolute atomic E-state index is 0.0556. The molecule has 86 valence electrons. The highest BCUT2D eigenvalue weighted by Crippen LogP contribution is 2.19. The molecule has 0 aliphatic carbocycles. The van der Waals surface area contributed by atoms with Crippen molar-refractivity contribution in [3.63, 3.8) is 0 Å². The van der Waals surface area contributed by atoms with E-state index in [9.17, 15) is 13.2 Å². The summed E-state index contributed by atoms with van der Waals surface area (Å²) in [6.45, 7) is 3.23. The monoisotopic (exact) mass is 212 g/mol. The van der Waals surface area contributed by atoms with E-state index < -0.39 is 12.6 Å². The number of hydrogen-bond acceptors (Lipinski definition) is 2. The van der Waals surface area contributed by atoms with Crippen molar-refractivity contribution in [3.8, 4) is 0 Å². The molecular formula is C9H19F3N2. The Labute approximate surface area is 83.3 Å². The van der Waals surface area contributed by atoms with Gasteiger partial charge in [-0.3, -0.25) is 0 Å². The average molecular weight is 212 g/mol. The molecule has 0 aromatic heterocycles. The third-order valence-corrected chi connectivity index (χ3v) is 2.26. The largest absolute Gasteiger partial charge is 0.390 e. The van der Waals surface area contributed by atoms with Crippen LogP contribution in [0, 0.1) is 5.92 Å². The second-order valence-electron chi connectivity index (χ2n) is 3.64. The van der Waals surface area contributed by atoms with Gasteiger partial charge < -0.3 is 10.6 Å². The van der Waals surface area contributed by atoms with Crippen molar-refractivity contribution in [3.05, 3.63) is 0 Å². The number of rotatable bonds is 6. The second kappa shape index (κ2) is 6.24. The predicted octanol–water partition coefficient (Wildman–Crippen LogP) is 1.86. The lowest BCUT2D eigenvalue weighted by Gasteiger charge is -2.22. The van der Waals surface area contributed by atoms with Gasteiger partial charge in [0.05, 0.1) is 6.42 Å². The van der Waals surface area contributed by atoms with Gasteiger partial charge in [-0.05, 0) is 19.5 Å². The Hall–Kier alpha value is -0.290. The Balaban J connectivity index is 3.69. The van der Waals surface area contributed by atoms with Crippen molar-refractivity contribution in [1.29, 1.82) is 0 Å². The maximum absolute atomic E-state index is 11.9. The van der Waals surface area contributed by atoms with E-state index in [4.69, 9.17) is 5.73 Å². The van der Waals surface area contributed by atoms with E-state index in [2.05, 4.69) is 0 Å². The normalized spacial score (nSPS) is 14.8. The molecule has 0 aliphatic heterocycles. The molecule has 0 rings (SSSR count). The first-order valence-electron chi connectivity index (χ1n) is 4.84. The number of halogens is 3. The fourth-order valence-electron chi connectivity index (χ4n) is 1.22. The van der Waals surface area contributed by atoms with Crippen LogP contribution in [-0.4, -0.2) is 37.8 Å². The summed E-state index contributed by atoms with van der Waals surface area (Å²) in [5.74, 6) is 0.299. The zero-order valence-electron chi connectivity index (χ0n) is 8.77. The van der Waals surface area contributed by atoms with E-state index in [1.807, 2.05) is 6.92 Å². The topological polar surface area (TPSA) is 29.3 Å². The zero-order valence-corrected chi connectivity index (χ0v) is 8.77. The van der Waals surface area contributed by atoms with Crippen LogP contribution in [0.5, 0.6) is 0 Å². The van der Waals surface area contributed by atoms with Gasteiger partial charge in [-0.1, -0.05) is 13.3 Å². The number of alkyl halides is 3. The van der Waals surface area contributed by atoms with Crippen molar-refractivity contribution in [1.82, 2.24) is 4.90 Å². The van der Waals surface area contributed by atoms with Gasteiger partial charge >= 0.3 is 6.18 Å². The Morgan fingerprint density at radius 2 is 1.93 bits per heavy atom. The second-order valence-corrected chi connectivity index (χ2v) is 3.64. The Bertz CT molecular complexity index is 143. The van der Waals surface area contributed by atoms with E-state index in [1.54, 1.807) is 11.9 Å². The summed E-state index contributed by atoms with van der Waals surface area (Å²) < 4.78 is 35.6. The van der Waals surface area contributed by atoms with Crippen LogP contribution in [0.2, 0.25) is 0 Å². The van der Waals surface area contributed by atoms with Crippen molar-refractivity contribution in [2.75, 3.05) is 26.7 Å². The van der Waals surface area contributed by atoms with Crippen LogP contribution >= 0.6 is 0 Å². The zero-order chi connectivity index (χ0) is 11.2. The Morgan fingerprint density at radius 3 is 2.29 bits per heavy atom. The predicted molar refractivity (Wildman–Crippen MR) is 51.0 cm³/mol. The van der Waals surface area contributed by atoms with Gasteiger partial charge in [-0.15, -0.1) is 0 Å². The molecule has 0 fully saturated rings. The molecule has 0 aromatic carbocycles. The van der Waals surface area contributed by atoms with Crippen LogP contribution in [0.15, 0.2) is 0 Å². The van der Waals surface area contributed by atoms with Crippen LogP contribution in [-0.2, 0) is 0 Å². The van der Waals surface area contributed by atoms with Crippen molar-refractivity contribution >= 4 is 0 Å². The molecule has 2 nitrogen and oxygen atoms in total. The Morgan fingerprint density at radius 1 is 1.36 bits per heavy atom. The number of hydrogen-bond donors (Lipinski definition) is 1. The summed E-state index contributed by atoms with van der Waals surface area (Å²) in [4.78, 5) is 1.69. The maximum Gasteiger partial charge on any atom is 0.390 e. The van der Waals surface area contributed by atoms with E-state index in [0.29, 0.717) is 19.0 Å². The fourth-order valence-corrected chi connectivity index (χ4v) is 1.22. The van der Waals surface area contributed by atoms with Gasteiger partial charge in [-0.25, -0.2) is 0 Å². The average Bonchev–Trinajstić information content (AvgIpc) is 2.09. The van der Waals surface area contributed by atoms with Gasteiger partial charge in [0.25, 0.3) is 0 Å². The molecule has 0 saturated heterocycles. The summed E-state index contributed by atoms with van der Waals surface area (Å²) in [5.41, 5.74) is 5.46. The van der Waals surface area contributed by atoms with E-state index in [1.165, 1.54) is 0 Å². The third-order valence-electron chi connectivity index (χ3n) is 2.26. The molecule has 1 unspecified atom stereocenters. The highest BCUT2D eigenvalue weighted by molar-refractivity contribution is 4.64.